The van der Waals surface area contributed by atoms with Crippen LogP contribution >= 0.6 is 0 Å². The number of pyridine rings is 1. The fourth-order valence-electron chi connectivity index (χ4n) is 7.10. The Hall–Kier alpha value is -4.79. The number of nitrogens with zero attached hydrogens (tertiary/aromatic N) is 6. The number of fused-ring (bicyclic) bond motifs is 2. The summed E-state index contributed by atoms with van der Waals surface area (Å²) in [4.78, 5) is 20.5. The van der Waals surface area contributed by atoms with Gasteiger partial charge in [0, 0.05) is 43.4 Å². The number of hydrogen-bond donors (Lipinski definition) is 4. The molecule has 0 radical (unpaired) electrons. The molecular formula is C39H53N10O4+. The summed E-state index contributed by atoms with van der Waals surface area (Å²) in [6, 6.07) is 11.5. The number of aromatic nitrogens is 5. The van der Waals surface area contributed by atoms with E-state index in [2.05, 4.69) is 42.8 Å². The first-order chi connectivity index (χ1) is 25.7. The van der Waals surface area contributed by atoms with E-state index in [0.29, 0.717) is 36.9 Å². The van der Waals surface area contributed by atoms with Gasteiger partial charge >= 0.3 is 6.03 Å². The second-order valence-electron chi connectivity index (χ2n) is 15.2. The molecule has 3 aliphatic rings. The topological polar surface area (TPSA) is 161 Å². The van der Waals surface area contributed by atoms with Crippen LogP contribution in [0.3, 0.4) is 0 Å². The van der Waals surface area contributed by atoms with Gasteiger partial charge in [0.15, 0.2) is 11.9 Å². The molecule has 4 aromatic rings. The number of anilines is 1. The molecule has 2 fully saturated rings. The zero-order chi connectivity index (χ0) is 36.8. The highest BCUT2D eigenvalue weighted by atomic mass is 16.7. The number of quaternary nitrogens is 1. The molecule has 3 atom stereocenters. The number of hydrogen-bond acceptors (Lipinski definition) is 9. The van der Waals surface area contributed by atoms with Crippen molar-refractivity contribution in [1.29, 1.82) is 5.41 Å². The summed E-state index contributed by atoms with van der Waals surface area (Å²) in [5, 5.41) is 25.6. The van der Waals surface area contributed by atoms with Gasteiger partial charge in [-0.15, -0.1) is 10.2 Å². The fourth-order valence-corrected chi connectivity index (χ4v) is 7.10. The Kier molecular flexibility index (Phi) is 11.4. The SMILES string of the molecule is CC(C)(C)C(=N)C=C(NC(=O)NC1CCC(Oc2ccc3nnc(N4CCCCC4)n3c2)c2ccccc21)[NH2+]c1cn(CCOC2CCCCO2)cn1. The van der Waals surface area contributed by atoms with Gasteiger partial charge in [-0.25, -0.2) is 10.1 Å². The Morgan fingerprint density at radius 3 is 2.64 bits per heavy atom. The third kappa shape index (κ3) is 9.24. The van der Waals surface area contributed by atoms with Crippen molar-refractivity contribution in [3.05, 3.63) is 78.1 Å². The zero-order valence-electron chi connectivity index (χ0n) is 31.1. The highest BCUT2D eigenvalue weighted by molar-refractivity contribution is 5.97. The minimum atomic E-state index is -0.402. The van der Waals surface area contributed by atoms with Crippen molar-refractivity contribution in [3.8, 4) is 5.75 Å². The average molecular weight is 726 g/mol. The summed E-state index contributed by atoms with van der Waals surface area (Å²) in [6.07, 6.45) is 15.1. The third-order valence-electron chi connectivity index (χ3n) is 10.1. The molecule has 14 heteroatoms. The quantitative estimate of drug-likeness (QED) is 0.139. The van der Waals surface area contributed by atoms with Gasteiger partial charge in [0.05, 0.1) is 25.0 Å². The van der Waals surface area contributed by atoms with Gasteiger partial charge in [-0.2, -0.15) is 4.98 Å². The van der Waals surface area contributed by atoms with Gasteiger partial charge in [-0.05, 0) is 74.6 Å². The molecule has 0 saturated carbocycles. The smallest absolute Gasteiger partial charge is 0.323 e. The van der Waals surface area contributed by atoms with Crippen LogP contribution in [0.25, 0.3) is 5.65 Å². The summed E-state index contributed by atoms with van der Waals surface area (Å²) in [5.74, 6) is 2.76. The Balaban J connectivity index is 1.00. The van der Waals surface area contributed by atoms with Crippen LogP contribution in [0.1, 0.15) is 95.4 Å². The summed E-state index contributed by atoms with van der Waals surface area (Å²) in [6.45, 7) is 9.79. The number of imidazole rings is 1. The maximum atomic E-state index is 13.6. The molecule has 14 nitrogen and oxygen atoms in total. The van der Waals surface area contributed by atoms with Gasteiger partial charge in [-0.1, -0.05) is 45.0 Å². The van der Waals surface area contributed by atoms with E-state index in [1.807, 2.05) is 66.4 Å². The molecule has 2 aliphatic heterocycles. The molecule has 5 heterocycles. The zero-order valence-corrected chi connectivity index (χ0v) is 31.1. The van der Waals surface area contributed by atoms with Crippen molar-refractivity contribution in [2.45, 2.75) is 97.1 Å². The van der Waals surface area contributed by atoms with Crippen LogP contribution in [0.2, 0.25) is 0 Å². The minimum absolute atomic E-state index is 0.137. The van der Waals surface area contributed by atoms with Crippen molar-refractivity contribution in [2.75, 3.05) is 31.2 Å². The Labute approximate surface area is 310 Å². The van der Waals surface area contributed by atoms with E-state index in [1.54, 1.807) is 17.7 Å². The van der Waals surface area contributed by atoms with Crippen LogP contribution in [0.4, 0.5) is 16.6 Å². The molecule has 2 saturated heterocycles. The van der Waals surface area contributed by atoms with Gasteiger partial charge in [-0.3, -0.25) is 9.72 Å². The highest BCUT2D eigenvalue weighted by Crippen LogP contribution is 2.39. The molecule has 3 unspecified atom stereocenters. The number of piperidine rings is 1. The number of carbonyl (C=O) groups excluding carboxylic acids is 1. The standard InChI is InChI=1S/C39H52N10O4/c1-39(2,3)32(40)23-33(43-34-25-47(26-41-34)20-22-52-36-13-7-10-21-51-36)44-37(50)42-30-15-16-31(29-12-6-5-11-28(29)30)53-27-14-17-35-45-46-38(49(35)24-27)48-18-8-4-9-19-48/h5-6,11-12,14,17,23-26,30-31,36,40,43H,4,7-10,13,15-16,18-22H2,1-3H3,(H2,42,44,50)/p+1. The summed E-state index contributed by atoms with van der Waals surface area (Å²) in [5.41, 5.74) is 2.85. The lowest BCUT2D eigenvalue weighted by Gasteiger charge is -2.32. The molecule has 53 heavy (non-hydrogen) atoms. The Morgan fingerprint density at radius 2 is 1.85 bits per heavy atom. The normalized spacial score (nSPS) is 20.9. The van der Waals surface area contributed by atoms with Crippen LogP contribution in [0, 0.1) is 10.8 Å². The molecule has 0 spiro atoms. The highest BCUT2D eigenvalue weighted by Gasteiger charge is 2.30. The van der Waals surface area contributed by atoms with E-state index in [4.69, 9.17) is 19.6 Å². The molecule has 7 rings (SSSR count). The lowest BCUT2D eigenvalue weighted by Crippen LogP contribution is -2.80. The van der Waals surface area contributed by atoms with E-state index >= 15 is 0 Å². The lowest BCUT2D eigenvalue weighted by molar-refractivity contribution is -0.526. The number of rotatable bonds is 12. The number of nitrogens with one attached hydrogen (secondary N) is 3. The molecule has 1 aromatic carbocycles. The molecule has 3 aromatic heterocycles. The van der Waals surface area contributed by atoms with E-state index in [-0.39, 0.29) is 24.5 Å². The number of ether oxygens (including phenoxy) is 3. The van der Waals surface area contributed by atoms with Gasteiger partial charge in [0.25, 0.3) is 0 Å². The molecule has 0 bridgehead atoms. The van der Waals surface area contributed by atoms with Crippen LogP contribution in [0.15, 0.2) is 67.0 Å². The van der Waals surface area contributed by atoms with Crippen molar-refractivity contribution in [3.63, 3.8) is 0 Å². The number of carbonyl (C=O) groups is 1. The molecule has 5 N–H and O–H groups in total. The lowest BCUT2D eigenvalue weighted by atomic mass is 9.85. The van der Waals surface area contributed by atoms with Crippen molar-refractivity contribution in [2.24, 2.45) is 5.41 Å². The number of urea groups is 1. The van der Waals surface area contributed by atoms with E-state index in [1.165, 1.54) is 6.42 Å². The van der Waals surface area contributed by atoms with Crippen LogP contribution < -0.4 is 25.6 Å². The largest absolute Gasteiger partial charge is 0.484 e. The van der Waals surface area contributed by atoms with Crippen molar-refractivity contribution < 1.29 is 24.3 Å². The third-order valence-corrected chi connectivity index (χ3v) is 10.1. The number of nitrogens with two attached hydrogens (primary N) is 1. The molecule has 282 valence electrons. The average Bonchev–Trinajstić information content (AvgIpc) is 3.79. The van der Waals surface area contributed by atoms with Crippen LogP contribution in [-0.4, -0.2) is 68.5 Å². The summed E-state index contributed by atoms with van der Waals surface area (Å²) in [7, 11) is 0. The van der Waals surface area contributed by atoms with Crippen LogP contribution in [0.5, 0.6) is 5.75 Å². The molecule has 1 aliphatic carbocycles. The molecular weight excluding hydrogens is 672 g/mol. The van der Waals surface area contributed by atoms with Gasteiger partial charge in [0.1, 0.15) is 18.2 Å². The van der Waals surface area contributed by atoms with E-state index in [0.717, 1.165) is 86.7 Å². The maximum absolute atomic E-state index is 13.6. The molecule has 2 amide bonds. The summed E-state index contributed by atoms with van der Waals surface area (Å²) < 4.78 is 22.2. The fraction of sp³-hybridized carbons (Fsp3) is 0.513. The number of allylic oxidation sites excluding steroid dienone is 1. The van der Waals surface area contributed by atoms with Crippen molar-refractivity contribution >= 4 is 29.2 Å². The maximum Gasteiger partial charge on any atom is 0.323 e. The number of benzene rings is 1. The first-order valence-corrected chi connectivity index (χ1v) is 19.0. The second-order valence-corrected chi connectivity index (χ2v) is 15.2. The van der Waals surface area contributed by atoms with E-state index in [9.17, 15) is 4.79 Å². The monoisotopic (exact) mass is 725 g/mol. The first kappa shape index (κ1) is 36.6. The van der Waals surface area contributed by atoms with E-state index < -0.39 is 5.41 Å². The first-order valence-electron chi connectivity index (χ1n) is 19.0. The van der Waals surface area contributed by atoms with Crippen LogP contribution in [-0.2, 0) is 16.0 Å². The van der Waals surface area contributed by atoms with Gasteiger partial charge in [0.2, 0.25) is 17.6 Å². The number of amides is 2. The summed E-state index contributed by atoms with van der Waals surface area (Å²) >= 11 is 0. The predicted octanol–water partition coefficient (Wildman–Crippen LogP) is 5.52. The minimum Gasteiger partial charge on any atom is -0.484 e. The van der Waals surface area contributed by atoms with Crippen molar-refractivity contribution in [1.82, 2.24) is 34.8 Å². The van der Waals surface area contributed by atoms with Gasteiger partial charge < -0.3 is 34.4 Å². The Morgan fingerprint density at radius 1 is 1.02 bits per heavy atom. The second kappa shape index (κ2) is 16.5. The Bertz CT molecular complexity index is 1900. The predicted molar refractivity (Wildman–Crippen MR) is 201 cm³/mol.